The molecule has 1 aromatic rings. The van der Waals surface area contributed by atoms with Crippen molar-refractivity contribution in [2.75, 3.05) is 12.4 Å². The summed E-state index contributed by atoms with van der Waals surface area (Å²) in [6.07, 6.45) is 2.22. The van der Waals surface area contributed by atoms with Crippen LogP contribution in [0.25, 0.3) is 0 Å². The molecule has 1 aromatic carbocycles. The molecule has 1 fully saturated rings. The van der Waals surface area contributed by atoms with Crippen molar-refractivity contribution in [3.63, 3.8) is 0 Å². The second-order valence-electron chi connectivity index (χ2n) is 4.53. The molecule has 1 aliphatic carbocycles. The number of hydrogen-bond acceptors (Lipinski definition) is 3. The zero-order valence-corrected chi connectivity index (χ0v) is 11.7. The van der Waals surface area contributed by atoms with Crippen molar-refractivity contribution in [3.05, 3.63) is 28.2 Å². The van der Waals surface area contributed by atoms with E-state index in [1.807, 2.05) is 6.07 Å². The summed E-state index contributed by atoms with van der Waals surface area (Å²) in [5.41, 5.74) is 5.70. The van der Waals surface area contributed by atoms with Gasteiger partial charge in [0.25, 0.3) is 0 Å². The summed E-state index contributed by atoms with van der Waals surface area (Å²) in [5, 5.41) is 10.7. The molecule has 0 saturated heterocycles. The lowest BCUT2D eigenvalue weighted by Gasteiger charge is -2.26. The number of thioether (sulfide) groups is 1. The molecule has 1 unspecified atom stereocenters. The average Bonchev–Trinajstić information content (AvgIpc) is 3.14. The van der Waals surface area contributed by atoms with Crippen molar-refractivity contribution in [2.45, 2.75) is 23.3 Å². The summed E-state index contributed by atoms with van der Waals surface area (Å²) < 4.78 is 0. The van der Waals surface area contributed by atoms with Crippen molar-refractivity contribution in [1.29, 1.82) is 0 Å². The Bertz CT molecular complexity index is 411. The van der Waals surface area contributed by atoms with Crippen LogP contribution in [-0.2, 0) is 0 Å². The lowest BCUT2D eigenvalue weighted by Crippen LogP contribution is -2.48. The summed E-state index contributed by atoms with van der Waals surface area (Å²) in [6.45, 7) is 0.0167. The maximum absolute atomic E-state index is 9.40. The summed E-state index contributed by atoms with van der Waals surface area (Å²) in [4.78, 5) is 0.920. The molecular formula is C12H15Cl2NOS. The second-order valence-corrected chi connectivity index (χ2v) is 6.39. The van der Waals surface area contributed by atoms with E-state index in [0.717, 1.165) is 17.7 Å². The Morgan fingerprint density at radius 3 is 2.71 bits per heavy atom. The Morgan fingerprint density at radius 2 is 2.12 bits per heavy atom. The van der Waals surface area contributed by atoms with Crippen molar-refractivity contribution in [1.82, 2.24) is 0 Å². The topological polar surface area (TPSA) is 46.2 Å². The summed E-state index contributed by atoms with van der Waals surface area (Å²) in [6, 6.07) is 5.37. The number of hydrogen-bond donors (Lipinski definition) is 2. The van der Waals surface area contributed by atoms with Crippen LogP contribution in [-0.4, -0.2) is 23.0 Å². The van der Waals surface area contributed by atoms with Gasteiger partial charge in [-0.05, 0) is 37.0 Å². The molecular weight excluding hydrogens is 277 g/mol. The van der Waals surface area contributed by atoms with Crippen molar-refractivity contribution < 1.29 is 5.11 Å². The van der Waals surface area contributed by atoms with Crippen LogP contribution < -0.4 is 5.73 Å². The van der Waals surface area contributed by atoms with Gasteiger partial charge >= 0.3 is 0 Å². The van der Waals surface area contributed by atoms with Gasteiger partial charge in [-0.1, -0.05) is 23.2 Å². The van der Waals surface area contributed by atoms with Crippen molar-refractivity contribution in [3.8, 4) is 0 Å². The van der Waals surface area contributed by atoms with Gasteiger partial charge in [0.05, 0.1) is 17.2 Å². The lowest BCUT2D eigenvalue weighted by atomic mass is 9.99. The maximum Gasteiger partial charge on any atom is 0.0622 e. The second kappa shape index (κ2) is 5.37. The van der Waals surface area contributed by atoms with Crippen molar-refractivity contribution >= 4 is 35.0 Å². The van der Waals surface area contributed by atoms with Gasteiger partial charge in [0.15, 0.2) is 0 Å². The van der Waals surface area contributed by atoms with Crippen LogP contribution in [0.3, 0.4) is 0 Å². The predicted molar refractivity (Wildman–Crippen MR) is 73.9 cm³/mol. The van der Waals surface area contributed by atoms with E-state index >= 15 is 0 Å². The van der Waals surface area contributed by atoms with Crippen LogP contribution in [0.2, 0.25) is 10.0 Å². The fraction of sp³-hybridized carbons (Fsp3) is 0.500. The Balaban J connectivity index is 2.03. The molecule has 1 atom stereocenters. The Kier molecular flexibility index (Phi) is 4.26. The van der Waals surface area contributed by atoms with Gasteiger partial charge in [0.1, 0.15) is 0 Å². The quantitative estimate of drug-likeness (QED) is 0.819. The first-order chi connectivity index (χ1) is 8.05. The van der Waals surface area contributed by atoms with Crippen LogP contribution in [0.5, 0.6) is 0 Å². The van der Waals surface area contributed by atoms with E-state index in [1.165, 1.54) is 0 Å². The minimum atomic E-state index is -0.490. The monoisotopic (exact) mass is 291 g/mol. The average molecular weight is 292 g/mol. The molecule has 5 heteroatoms. The van der Waals surface area contributed by atoms with Gasteiger partial charge in [-0.15, -0.1) is 11.8 Å². The molecule has 3 N–H and O–H groups in total. The molecule has 17 heavy (non-hydrogen) atoms. The SMILES string of the molecule is NC(CO)(CSc1cc(Cl)ccc1Cl)C1CC1. The van der Waals surface area contributed by atoms with Crippen molar-refractivity contribution in [2.24, 2.45) is 11.7 Å². The molecule has 0 bridgehead atoms. The number of benzene rings is 1. The molecule has 0 aromatic heterocycles. The third-order valence-corrected chi connectivity index (χ3v) is 5.08. The van der Waals surface area contributed by atoms with E-state index in [0.29, 0.717) is 21.7 Å². The van der Waals surface area contributed by atoms with Gasteiger partial charge in [0.2, 0.25) is 0 Å². The Labute approximate surface area is 115 Å². The largest absolute Gasteiger partial charge is 0.394 e. The van der Waals surface area contributed by atoms with E-state index in [1.54, 1.807) is 23.9 Å². The van der Waals surface area contributed by atoms with Gasteiger partial charge in [-0.3, -0.25) is 0 Å². The molecule has 0 heterocycles. The third kappa shape index (κ3) is 3.30. The smallest absolute Gasteiger partial charge is 0.0622 e. The fourth-order valence-corrected chi connectivity index (χ4v) is 3.44. The molecule has 0 amide bonds. The van der Waals surface area contributed by atoms with Gasteiger partial charge < -0.3 is 10.8 Å². The first kappa shape index (κ1) is 13.5. The maximum atomic E-state index is 9.40. The number of aliphatic hydroxyl groups excluding tert-OH is 1. The van der Waals surface area contributed by atoms with Gasteiger partial charge in [-0.2, -0.15) is 0 Å². The zero-order valence-electron chi connectivity index (χ0n) is 9.33. The van der Waals surface area contributed by atoms with E-state index < -0.39 is 5.54 Å². The standard InChI is InChI=1S/C12H15Cl2NOS/c13-9-3-4-10(14)11(5-9)17-7-12(15,6-16)8-1-2-8/h3-5,8,16H,1-2,6-7,15H2. The van der Waals surface area contributed by atoms with E-state index in [9.17, 15) is 5.11 Å². The van der Waals surface area contributed by atoms with E-state index in [2.05, 4.69) is 0 Å². The summed E-state index contributed by atoms with van der Waals surface area (Å²) in [5.74, 6) is 1.10. The molecule has 94 valence electrons. The number of rotatable bonds is 5. The first-order valence-electron chi connectivity index (χ1n) is 5.53. The van der Waals surface area contributed by atoms with Gasteiger partial charge in [0, 0.05) is 15.7 Å². The number of nitrogens with two attached hydrogens (primary N) is 1. The highest BCUT2D eigenvalue weighted by Gasteiger charge is 2.41. The number of halogens is 2. The molecule has 0 radical (unpaired) electrons. The van der Waals surface area contributed by atoms with Crippen LogP contribution in [0.1, 0.15) is 12.8 Å². The normalized spacial score (nSPS) is 19.1. The Morgan fingerprint density at radius 1 is 1.41 bits per heavy atom. The number of aliphatic hydroxyl groups is 1. The molecule has 0 spiro atoms. The van der Waals surface area contributed by atoms with Crippen LogP contribution in [0.15, 0.2) is 23.1 Å². The fourth-order valence-electron chi connectivity index (χ4n) is 1.75. The zero-order chi connectivity index (χ0) is 12.5. The van der Waals surface area contributed by atoms with Crippen LogP contribution in [0, 0.1) is 5.92 Å². The highest BCUT2D eigenvalue weighted by molar-refractivity contribution is 7.99. The summed E-state index contributed by atoms with van der Waals surface area (Å²) >= 11 is 13.6. The molecule has 2 nitrogen and oxygen atoms in total. The predicted octanol–water partition coefficient (Wildman–Crippen LogP) is 3.19. The van der Waals surface area contributed by atoms with Crippen LogP contribution in [0.4, 0.5) is 0 Å². The van der Waals surface area contributed by atoms with E-state index in [-0.39, 0.29) is 6.61 Å². The summed E-state index contributed by atoms with van der Waals surface area (Å²) in [7, 11) is 0. The highest BCUT2D eigenvalue weighted by atomic mass is 35.5. The third-order valence-electron chi connectivity index (χ3n) is 3.07. The molecule has 0 aliphatic heterocycles. The Hall–Kier alpha value is 0.0700. The first-order valence-corrected chi connectivity index (χ1v) is 7.27. The minimum Gasteiger partial charge on any atom is -0.394 e. The molecule has 2 rings (SSSR count). The molecule has 1 aliphatic rings. The minimum absolute atomic E-state index is 0.0167. The highest BCUT2D eigenvalue weighted by Crippen LogP contribution is 2.41. The van der Waals surface area contributed by atoms with Crippen LogP contribution >= 0.6 is 35.0 Å². The molecule has 1 saturated carbocycles. The van der Waals surface area contributed by atoms with E-state index in [4.69, 9.17) is 28.9 Å². The lowest BCUT2D eigenvalue weighted by molar-refractivity contribution is 0.194. The van der Waals surface area contributed by atoms with Gasteiger partial charge in [-0.25, -0.2) is 0 Å².